The van der Waals surface area contributed by atoms with Crippen molar-refractivity contribution in [2.24, 2.45) is 5.92 Å². The van der Waals surface area contributed by atoms with E-state index in [4.69, 9.17) is 17.0 Å². The molecular formula is C25H25N2O8P2S+. The molecule has 0 amide bonds. The lowest BCUT2D eigenvalue weighted by atomic mass is 9.74. The van der Waals surface area contributed by atoms with Crippen molar-refractivity contribution in [3.05, 3.63) is 65.6 Å². The van der Waals surface area contributed by atoms with E-state index < -0.39 is 26.5 Å². The fourth-order valence-corrected chi connectivity index (χ4v) is 6.48. The summed E-state index contributed by atoms with van der Waals surface area (Å²) in [5.41, 5.74) is 2.57. The number of hydrogen-bond donors (Lipinski definition) is 4. The maximum absolute atomic E-state index is 13.2. The minimum atomic E-state index is -4.44. The summed E-state index contributed by atoms with van der Waals surface area (Å²) in [6.45, 7) is 3.93. The molecule has 0 bridgehead atoms. The summed E-state index contributed by atoms with van der Waals surface area (Å²) in [5.74, 6) is -0.175. The van der Waals surface area contributed by atoms with E-state index >= 15 is 0 Å². The van der Waals surface area contributed by atoms with Gasteiger partial charge in [0, 0.05) is 35.2 Å². The summed E-state index contributed by atoms with van der Waals surface area (Å²) in [6, 6.07) is 8.72. The fraction of sp³-hybridized carbons (Fsp3) is 0.240. The number of Topliss-reactive ketones (excluding diaryl/α,β-unsaturated/α-hetero) is 1. The summed E-state index contributed by atoms with van der Waals surface area (Å²) in [7, 11) is -5.42. The highest BCUT2D eigenvalue weighted by Crippen LogP contribution is 2.45. The van der Waals surface area contributed by atoms with Gasteiger partial charge in [-0.05, 0) is 44.2 Å². The lowest BCUT2D eigenvalue weighted by Gasteiger charge is -2.28. The number of carbonyl (C=O) groups is 1. The molecule has 5 rings (SSSR count). The average molecular weight is 575 g/mol. The predicted octanol–water partition coefficient (Wildman–Crippen LogP) is 2.16. The average Bonchev–Trinajstić information content (AvgIpc) is 3.24. The lowest BCUT2D eigenvalue weighted by Crippen LogP contribution is -2.41. The third-order valence-corrected chi connectivity index (χ3v) is 9.60. The van der Waals surface area contributed by atoms with Crippen molar-refractivity contribution in [3.63, 3.8) is 0 Å². The number of hydrogen-bond acceptors (Lipinski definition) is 6. The molecule has 0 aromatic heterocycles. The van der Waals surface area contributed by atoms with Crippen molar-refractivity contribution < 1.29 is 42.8 Å². The van der Waals surface area contributed by atoms with Crippen LogP contribution >= 0.6 is 27.4 Å². The van der Waals surface area contributed by atoms with Gasteiger partial charge < -0.3 is 29.2 Å². The van der Waals surface area contributed by atoms with Gasteiger partial charge in [0.25, 0.3) is 0 Å². The molecule has 10 nitrogen and oxygen atoms in total. The zero-order valence-electron chi connectivity index (χ0n) is 20.8. The number of anilines is 1. The number of ether oxygens (including phenoxy) is 1. The zero-order chi connectivity index (χ0) is 27.9. The van der Waals surface area contributed by atoms with Crippen LogP contribution in [0.2, 0.25) is 0 Å². The first-order valence-corrected chi connectivity index (χ1v) is 15.1. The number of fused-ring (bicyclic) bond motifs is 2. The second-order valence-electron chi connectivity index (χ2n) is 9.94. The van der Waals surface area contributed by atoms with Crippen LogP contribution in [0.15, 0.2) is 60.0 Å². The van der Waals surface area contributed by atoms with Gasteiger partial charge in [-0.25, -0.2) is 0 Å². The molecule has 1 unspecified atom stereocenters. The number of allylic oxidation sites excluding steroid dienone is 3. The Bertz CT molecular complexity index is 1630. The molecule has 1 saturated carbocycles. The van der Waals surface area contributed by atoms with Crippen LogP contribution in [0.1, 0.15) is 19.4 Å². The van der Waals surface area contributed by atoms with Crippen molar-refractivity contribution >= 4 is 65.8 Å². The van der Waals surface area contributed by atoms with Crippen LogP contribution in [0.4, 0.5) is 11.4 Å². The highest BCUT2D eigenvalue weighted by Gasteiger charge is 2.47. The van der Waals surface area contributed by atoms with E-state index in [-0.39, 0.29) is 16.4 Å². The molecular weight excluding hydrogens is 550 g/mol. The van der Waals surface area contributed by atoms with Crippen LogP contribution in [0, 0.1) is 5.92 Å². The van der Waals surface area contributed by atoms with Gasteiger partial charge in [0.15, 0.2) is 23.1 Å². The Hall–Kier alpha value is -2.75. The Morgan fingerprint density at radius 2 is 1.66 bits per heavy atom. The molecule has 198 valence electrons. The van der Waals surface area contributed by atoms with E-state index in [9.17, 15) is 33.5 Å². The molecule has 13 heteroatoms. The molecule has 0 spiro atoms. The molecule has 1 aliphatic carbocycles. The van der Waals surface area contributed by atoms with Crippen molar-refractivity contribution in [2.45, 2.75) is 19.3 Å². The summed E-state index contributed by atoms with van der Waals surface area (Å²) < 4.78 is 31.0. The molecule has 1 fully saturated rings. The Balaban J connectivity index is 1.43. The highest BCUT2D eigenvalue weighted by atomic mass is 32.1. The van der Waals surface area contributed by atoms with Gasteiger partial charge in [-0.15, -0.1) is 0 Å². The standard InChI is InChI=1S/C25H24N2O8P2S/c1-25(2)17-7-5-13(36(29,30)31)9-18(17)26(3)21(25)11-15-23(28)16(24(15)38)12-22-27(4)19-10-14(37(32,33)34)6-8-20(19)35-22/h5-12,16H,1-4H3,(H3-,29,30,31,32,33,34)/p+1/b15-11-,22-12+. The number of rotatable bonds is 4. The van der Waals surface area contributed by atoms with Crippen LogP contribution in [0.3, 0.4) is 0 Å². The predicted molar refractivity (Wildman–Crippen MR) is 146 cm³/mol. The third-order valence-electron chi connectivity index (χ3n) is 7.23. The van der Waals surface area contributed by atoms with E-state index in [0.29, 0.717) is 33.4 Å². The maximum atomic E-state index is 13.2. The Morgan fingerprint density at radius 3 is 2.26 bits per heavy atom. The molecule has 2 aromatic rings. The largest absolute Gasteiger partial charge is 0.439 e. The second-order valence-corrected chi connectivity index (χ2v) is 13.6. The minimum Gasteiger partial charge on any atom is -0.439 e. The number of nitrogens with zero attached hydrogens (tertiary/aromatic N) is 2. The van der Waals surface area contributed by atoms with Gasteiger partial charge in [0.1, 0.15) is 7.05 Å². The van der Waals surface area contributed by atoms with E-state index in [1.54, 1.807) is 37.2 Å². The summed E-state index contributed by atoms with van der Waals surface area (Å²) in [5, 5.41) is -0.216. The van der Waals surface area contributed by atoms with Crippen molar-refractivity contribution in [3.8, 4) is 5.75 Å². The summed E-state index contributed by atoms with van der Waals surface area (Å²) in [6.07, 6.45) is 3.32. The van der Waals surface area contributed by atoms with Crippen LogP contribution in [0.5, 0.6) is 5.75 Å². The second kappa shape index (κ2) is 8.63. The molecule has 0 saturated heterocycles. The topological polar surface area (TPSA) is 148 Å². The zero-order valence-corrected chi connectivity index (χ0v) is 23.4. The molecule has 2 heterocycles. The monoisotopic (exact) mass is 575 g/mol. The van der Waals surface area contributed by atoms with Gasteiger partial charge >= 0.3 is 15.2 Å². The van der Waals surface area contributed by atoms with E-state index in [1.807, 2.05) is 18.4 Å². The van der Waals surface area contributed by atoms with Gasteiger partial charge in [-0.1, -0.05) is 18.3 Å². The Morgan fingerprint density at radius 1 is 1.05 bits per heavy atom. The van der Waals surface area contributed by atoms with Crippen molar-refractivity contribution in [2.75, 3.05) is 19.0 Å². The number of benzene rings is 2. The van der Waals surface area contributed by atoms with Crippen LogP contribution in [-0.4, -0.2) is 54.6 Å². The smallest absolute Gasteiger partial charge is 0.356 e. The summed E-state index contributed by atoms with van der Waals surface area (Å²) >= 11 is 5.59. The first-order chi connectivity index (χ1) is 17.5. The molecule has 38 heavy (non-hydrogen) atoms. The van der Waals surface area contributed by atoms with Crippen molar-refractivity contribution in [1.82, 2.24) is 0 Å². The maximum Gasteiger partial charge on any atom is 0.356 e. The SMILES string of the molecule is CN1/C(=C\C2C(=O)/C(=C/C3=[N+](C)c4cc(P(=O)(O)O)ccc4C3(C)C)C2=S)Oc2ccc(P(=O)(O)O)cc21. The normalized spacial score (nSPS) is 22.6. The third kappa shape index (κ3) is 4.15. The van der Waals surface area contributed by atoms with Gasteiger partial charge in [0.05, 0.1) is 27.6 Å². The van der Waals surface area contributed by atoms with E-state index in [2.05, 4.69) is 0 Å². The van der Waals surface area contributed by atoms with Gasteiger partial charge in [-0.2, -0.15) is 4.58 Å². The summed E-state index contributed by atoms with van der Waals surface area (Å²) in [4.78, 5) is 53.3. The van der Waals surface area contributed by atoms with Crippen LogP contribution in [-0.2, 0) is 19.3 Å². The molecule has 2 aromatic carbocycles. The fourth-order valence-electron chi connectivity index (χ4n) is 5.02. The quantitative estimate of drug-likeness (QED) is 0.185. The number of carbonyl (C=O) groups excluding carboxylic acids is 1. The van der Waals surface area contributed by atoms with Crippen LogP contribution in [0.25, 0.3) is 0 Å². The molecule has 3 aliphatic rings. The van der Waals surface area contributed by atoms with E-state index in [0.717, 1.165) is 11.3 Å². The minimum absolute atomic E-state index is 0.0793. The Labute approximate surface area is 223 Å². The highest BCUT2D eigenvalue weighted by molar-refractivity contribution is 7.81. The lowest BCUT2D eigenvalue weighted by molar-refractivity contribution is -0.401. The first kappa shape index (κ1) is 26.8. The molecule has 1 atom stereocenters. The van der Waals surface area contributed by atoms with E-state index in [1.165, 1.54) is 30.3 Å². The van der Waals surface area contributed by atoms with Gasteiger partial charge in [-0.3, -0.25) is 13.9 Å². The number of ketones is 1. The molecule has 4 N–H and O–H groups in total. The van der Waals surface area contributed by atoms with Crippen LogP contribution < -0.4 is 20.2 Å². The van der Waals surface area contributed by atoms with Crippen molar-refractivity contribution in [1.29, 1.82) is 0 Å². The number of thiocarbonyl (C=S) groups is 1. The Kier molecular flexibility index (Phi) is 6.09. The molecule has 0 radical (unpaired) electrons. The first-order valence-electron chi connectivity index (χ1n) is 11.5. The van der Waals surface area contributed by atoms with Gasteiger partial charge in [0.2, 0.25) is 5.69 Å². The molecule has 2 aliphatic heterocycles.